The van der Waals surface area contributed by atoms with Crippen LogP contribution in [0.5, 0.6) is 5.75 Å². The first-order chi connectivity index (χ1) is 13.1. The summed E-state index contributed by atoms with van der Waals surface area (Å²) in [4.78, 5) is 12.3. The van der Waals surface area contributed by atoms with Crippen molar-refractivity contribution in [3.05, 3.63) is 59.2 Å². The van der Waals surface area contributed by atoms with Gasteiger partial charge in [0.15, 0.2) is 11.6 Å². The molecule has 1 heterocycles. The lowest BCUT2D eigenvalue weighted by Crippen LogP contribution is -2.25. The van der Waals surface area contributed by atoms with Crippen LogP contribution in [-0.2, 0) is 20.0 Å². The van der Waals surface area contributed by atoms with E-state index in [1.807, 2.05) is 19.1 Å². The quantitative estimate of drug-likeness (QED) is 0.502. The van der Waals surface area contributed by atoms with Crippen molar-refractivity contribution in [2.75, 3.05) is 6.61 Å². The van der Waals surface area contributed by atoms with Gasteiger partial charge in [-0.3, -0.25) is 9.48 Å². The molecule has 0 aliphatic carbocycles. The van der Waals surface area contributed by atoms with E-state index in [2.05, 4.69) is 17.3 Å². The SMILES string of the molecule is CCCCC=CCOc1cccc(CNC(=O)c2cc(CC)nn2C)c1F. The van der Waals surface area contributed by atoms with E-state index in [9.17, 15) is 9.18 Å². The molecular formula is C21H28FN3O2. The molecule has 0 radical (unpaired) electrons. The lowest BCUT2D eigenvalue weighted by atomic mass is 10.2. The van der Waals surface area contributed by atoms with Gasteiger partial charge in [-0.2, -0.15) is 5.10 Å². The van der Waals surface area contributed by atoms with Crippen molar-refractivity contribution in [1.82, 2.24) is 15.1 Å². The first-order valence-corrected chi connectivity index (χ1v) is 9.43. The molecule has 146 valence electrons. The third kappa shape index (κ3) is 5.94. The normalized spacial score (nSPS) is 11.1. The lowest BCUT2D eigenvalue weighted by molar-refractivity contribution is 0.0941. The van der Waals surface area contributed by atoms with Gasteiger partial charge >= 0.3 is 0 Å². The number of aryl methyl sites for hydroxylation is 2. The maximum Gasteiger partial charge on any atom is 0.269 e. The van der Waals surface area contributed by atoms with Gasteiger partial charge in [0, 0.05) is 19.2 Å². The molecule has 2 rings (SSSR count). The van der Waals surface area contributed by atoms with E-state index in [1.54, 1.807) is 31.3 Å². The third-order valence-corrected chi connectivity index (χ3v) is 4.23. The molecular weight excluding hydrogens is 345 g/mol. The number of hydrogen-bond donors (Lipinski definition) is 1. The van der Waals surface area contributed by atoms with Crippen LogP contribution in [0.15, 0.2) is 36.4 Å². The molecule has 0 saturated carbocycles. The van der Waals surface area contributed by atoms with E-state index < -0.39 is 5.82 Å². The smallest absolute Gasteiger partial charge is 0.269 e. The van der Waals surface area contributed by atoms with Gasteiger partial charge < -0.3 is 10.1 Å². The van der Waals surface area contributed by atoms with Crippen LogP contribution in [0.1, 0.15) is 54.9 Å². The molecule has 1 aromatic carbocycles. The summed E-state index contributed by atoms with van der Waals surface area (Å²) >= 11 is 0. The lowest BCUT2D eigenvalue weighted by Gasteiger charge is -2.10. The number of rotatable bonds is 10. The third-order valence-electron chi connectivity index (χ3n) is 4.23. The topological polar surface area (TPSA) is 56.1 Å². The second-order valence-corrected chi connectivity index (χ2v) is 6.33. The van der Waals surface area contributed by atoms with Crippen LogP contribution in [0.3, 0.4) is 0 Å². The largest absolute Gasteiger partial charge is 0.486 e. The number of nitrogens with zero attached hydrogens (tertiary/aromatic N) is 2. The molecule has 0 saturated heterocycles. The maximum atomic E-state index is 14.6. The molecule has 1 aromatic heterocycles. The van der Waals surface area contributed by atoms with Crippen LogP contribution >= 0.6 is 0 Å². The number of carbonyl (C=O) groups excluding carboxylic acids is 1. The molecule has 5 nitrogen and oxygen atoms in total. The minimum Gasteiger partial charge on any atom is -0.486 e. The number of ether oxygens (including phenoxy) is 1. The van der Waals surface area contributed by atoms with Gasteiger partial charge in [0.2, 0.25) is 0 Å². The van der Waals surface area contributed by atoms with Crippen LogP contribution in [0.25, 0.3) is 0 Å². The minimum absolute atomic E-state index is 0.0842. The summed E-state index contributed by atoms with van der Waals surface area (Å²) in [7, 11) is 1.72. The Morgan fingerprint density at radius 3 is 2.85 bits per heavy atom. The highest BCUT2D eigenvalue weighted by Crippen LogP contribution is 2.20. The maximum absolute atomic E-state index is 14.6. The number of nitrogens with one attached hydrogen (secondary N) is 1. The number of unbranched alkanes of at least 4 members (excludes halogenated alkanes) is 2. The summed E-state index contributed by atoms with van der Waals surface area (Å²) in [6.45, 7) is 4.52. The molecule has 0 aliphatic rings. The van der Waals surface area contributed by atoms with Gasteiger partial charge in [-0.15, -0.1) is 0 Å². The van der Waals surface area contributed by atoms with E-state index in [0.717, 1.165) is 31.4 Å². The van der Waals surface area contributed by atoms with Crippen molar-refractivity contribution in [2.45, 2.75) is 46.1 Å². The Bertz CT molecular complexity index is 784. The molecule has 1 N–H and O–H groups in total. The molecule has 0 aliphatic heterocycles. The second-order valence-electron chi connectivity index (χ2n) is 6.33. The predicted molar refractivity (Wildman–Crippen MR) is 104 cm³/mol. The van der Waals surface area contributed by atoms with Gasteiger partial charge in [-0.25, -0.2) is 4.39 Å². The number of halogens is 1. The molecule has 2 aromatic rings. The van der Waals surface area contributed by atoms with Crippen molar-refractivity contribution < 1.29 is 13.9 Å². The summed E-state index contributed by atoms with van der Waals surface area (Å²) in [5.41, 5.74) is 1.68. The minimum atomic E-state index is -0.445. The highest BCUT2D eigenvalue weighted by Gasteiger charge is 2.14. The Kier molecular flexibility index (Phi) is 8.04. The summed E-state index contributed by atoms with van der Waals surface area (Å²) in [5.74, 6) is -0.538. The number of aromatic nitrogens is 2. The van der Waals surface area contributed by atoms with Gasteiger partial charge in [0.05, 0.1) is 5.69 Å². The number of hydrogen-bond acceptors (Lipinski definition) is 3. The zero-order chi connectivity index (χ0) is 19.6. The van der Waals surface area contributed by atoms with Gasteiger partial charge in [-0.1, -0.05) is 51.0 Å². The van der Waals surface area contributed by atoms with Crippen molar-refractivity contribution in [2.24, 2.45) is 7.05 Å². The Hall–Kier alpha value is -2.63. The summed E-state index contributed by atoms with van der Waals surface area (Å²) in [6.07, 6.45) is 7.98. The van der Waals surface area contributed by atoms with Crippen LogP contribution in [-0.4, -0.2) is 22.3 Å². The van der Waals surface area contributed by atoms with Crippen LogP contribution < -0.4 is 10.1 Å². The molecule has 0 unspecified atom stereocenters. The number of benzene rings is 1. The number of carbonyl (C=O) groups is 1. The highest BCUT2D eigenvalue weighted by molar-refractivity contribution is 5.92. The standard InChI is InChI=1S/C21H28FN3O2/c1-4-6-7-8-9-13-27-19-12-10-11-16(20(19)22)15-23-21(26)18-14-17(5-2)24-25(18)3/h8-12,14H,4-7,13,15H2,1-3H3,(H,23,26). The van der Waals surface area contributed by atoms with Crippen molar-refractivity contribution in [1.29, 1.82) is 0 Å². The molecule has 0 atom stereocenters. The van der Waals surface area contributed by atoms with Crippen molar-refractivity contribution in [3.63, 3.8) is 0 Å². The van der Waals surface area contributed by atoms with E-state index in [-0.39, 0.29) is 18.2 Å². The molecule has 0 fully saturated rings. The average molecular weight is 373 g/mol. The zero-order valence-corrected chi connectivity index (χ0v) is 16.3. The van der Waals surface area contributed by atoms with Gasteiger partial charge in [0.25, 0.3) is 5.91 Å². The summed E-state index contributed by atoms with van der Waals surface area (Å²) < 4.78 is 21.6. The van der Waals surface area contributed by atoms with E-state index >= 15 is 0 Å². The fourth-order valence-corrected chi connectivity index (χ4v) is 2.63. The van der Waals surface area contributed by atoms with Gasteiger partial charge in [0.1, 0.15) is 12.3 Å². The molecule has 0 spiro atoms. The Labute approximate surface area is 160 Å². The predicted octanol–water partition coefficient (Wildman–Crippen LogP) is 4.18. The molecule has 0 bridgehead atoms. The number of allylic oxidation sites excluding steroid dienone is 1. The Morgan fingerprint density at radius 1 is 1.33 bits per heavy atom. The zero-order valence-electron chi connectivity index (χ0n) is 16.3. The average Bonchev–Trinajstić information content (AvgIpc) is 3.05. The van der Waals surface area contributed by atoms with Gasteiger partial charge in [-0.05, 0) is 25.0 Å². The highest BCUT2D eigenvalue weighted by atomic mass is 19.1. The van der Waals surface area contributed by atoms with E-state index in [0.29, 0.717) is 17.9 Å². The van der Waals surface area contributed by atoms with Crippen molar-refractivity contribution in [3.8, 4) is 5.75 Å². The Balaban J connectivity index is 1.93. The fraction of sp³-hybridized carbons (Fsp3) is 0.429. The second kappa shape index (κ2) is 10.5. The molecule has 27 heavy (non-hydrogen) atoms. The first kappa shape index (κ1) is 20.7. The van der Waals surface area contributed by atoms with Crippen LogP contribution in [0.2, 0.25) is 0 Å². The van der Waals surface area contributed by atoms with E-state index in [1.165, 1.54) is 4.68 Å². The van der Waals surface area contributed by atoms with Crippen molar-refractivity contribution >= 4 is 5.91 Å². The first-order valence-electron chi connectivity index (χ1n) is 9.43. The molecule has 1 amide bonds. The fourth-order valence-electron chi connectivity index (χ4n) is 2.63. The summed E-state index contributed by atoms with van der Waals surface area (Å²) in [5, 5.41) is 7.00. The molecule has 6 heteroatoms. The number of amides is 1. The van der Waals surface area contributed by atoms with E-state index in [4.69, 9.17) is 4.74 Å². The Morgan fingerprint density at radius 2 is 2.15 bits per heavy atom. The summed E-state index contributed by atoms with van der Waals surface area (Å²) in [6, 6.07) is 6.70. The monoisotopic (exact) mass is 373 g/mol. The van der Waals surface area contributed by atoms with Crippen LogP contribution in [0, 0.1) is 5.82 Å². The van der Waals surface area contributed by atoms with Crippen LogP contribution in [0.4, 0.5) is 4.39 Å².